The summed E-state index contributed by atoms with van der Waals surface area (Å²) in [5.74, 6) is -0.555. The molecular weight excluding hydrogens is 182 g/mol. The Morgan fingerprint density at radius 3 is 2.79 bits per heavy atom. The molecule has 0 atom stereocenters. The lowest BCUT2D eigenvalue weighted by Crippen LogP contribution is -2.26. The average molecular weight is 195 g/mol. The number of hydrogen-bond donors (Lipinski definition) is 0. The van der Waals surface area contributed by atoms with Crippen LogP contribution in [0.5, 0.6) is 0 Å². The van der Waals surface area contributed by atoms with E-state index in [4.69, 9.17) is 4.74 Å². The lowest BCUT2D eigenvalue weighted by Gasteiger charge is -2.04. The molecule has 0 unspecified atom stereocenters. The molecule has 0 N–H and O–H groups in total. The predicted molar refractivity (Wildman–Crippen MR) is 52.3 cm³/mol. The van der Waals surface area contributed by atoms with Crippen LogP contribution in [-0.2, 0) is 11.3 Å². The first-order valence-corrected chi connectivity index (χ1v) is 4.57. The maximum Gasteiger partial charge on any atom is 0.343 e. The number of esters is 1. The lowest BCUT2D eigenvalue weighted by molar-refractivity contribution is 0.0523. The van der Waals surface area contributed by atoms with Crippen molar-refractivity contribution in [2.24, 2.45) is 0 Å². The Morgan fingerprint density at radius 1 is 1.50 bits per heavy atom. The van der Waals surface area contributed by atoms with E-state index in [1.807, 2.05) is 6.92 Å². The normalized spacial score (nSPS) is 9.86. The van der Waals surface area contributed by atoms with Gasteiger partial charge in [0.25, 0.3) is 5.56 Å². The van der Waals surface area contributed by atoms with E-state index in [-0.39, 0.29) is 17.7 Å². The standard InChI is InChI=1S/C10H13NO3/c1-3-11-7-5-6-8(9(11)12)10(13)14-4-2/h5-7H,3-4H2,1-2H3. The van der Waals surface area contributed by atoms with Crippen LogP contribution in [0.1, 0.15) is 24.2 Å². The van der Waals surface area contributed by atoms with E-state index in [2.05, 4.69) is 0 Å². The molecule has 1 heterocycles. The molecule has 0 aliphatic heterocycles. The largest absolute Gasteiger partial charge is 0.462 e. The number of ether oxygens (including phenoxy) is 1. The number of nitrogens with zero attached hydrogens (tertiary/aromatic N) is 1. The van der Waals surface area contributed by atoms with Crippen LogP contribution in [0.3, 0.4) is 0 Å². The zero-order valence-electron chi connectivity index (χ0n) is 8.32. The molecule has 0 bridgehead atoms. The van der Waals surface area contributed by atoms with Gasteiger partial charge in [-0.1, -0.05) is 0 Å². The molecule has 14 heavy (non-hydrogen) atoms. The van der Waals surface area contributed by atoms with Gasteiger partial charge in [-0.25, -0.2) is 4.79 Å². The number of aryl methyl sites for hydroxylation is 1. The summed E-state index contributed by atoms with van der Waals surface area (Å²) in [6.07, 6.45) is 1.64. The van der Waals surface area contributed by atoms with Crippen molar-refractivity contribution in [2.45, 2.75) is 20.4 Å². The van der Waals surface area contributed by atoms with E-state index in [1.165, 1.54) is 10.6 Å². The van der Waals surface area contributed by atoms with Crippen molar-refractivity contribution >= 4 is 5.97 Å². The lowest BCUT2D eigenvalue weighted by atomic mass is 10.3. The van der Waals surface area contributed by atoms with Gasteiger partial charge >= 0.3 is 5.97 Å². The van der Waals surface area contributed by atoms with Crippen LogP contribution in [-0.4, -0.2) is 17.1 Å². The van der Waals surface area contributed by atoms with Crippen molar-refractivity contribution in [1.29, 1.82) is 0 Å². The summed E-state index contributed by atoms with van der Waals surface area (Å²) in [4.78, 5) is 22.9. The zero-order chi connectivity index (χ0) is 10.6. The van der Waals surface area contributed by atoms with Gasteiger partial charge in [0.15, 0.2) is 0 Å². The minimum absolute atomic E-state index is 0.0937. The van der Waals surface area contributed by atoms with E-state index in [0.29, 0.717) is 6.54 Å². The molecule has 76 valence electrons. The number of carbonyl (C=O) groups excluding carboxylic acids is 1. The van der Waals surface area contributed by atoms with E-state index >= 15 is 0 Å². The van der Waals surface area contributed by atoms with Gasteiger partial charge in [-0.3, -0.25) is 4.79 Å². The maximum absolute atomic E-state index is 11.6. The van der Waals surface area contributed by atoms with Crippen LogP contribution in [0, 0.1) is 0 Å². The van der Waals surface area contributed by atoms with Gasteiger partial charge in [-0.15, -0.1) is 0 Å². The second kappa shape index (κ2) is 4.60. The molecule has 0 aromatic carbocycles. The Bertz CT molecular complexity index is 381. The number of rotatable bonds is 3. The Labute approximate surface area is 82.1 Å². The van der Waals surface area contributed by atoms with Gasteiger partial charge in [0.05, 0.1) is 6.61 Å². The molecule has 1 aromatic rings. The fourth-order valence-corrected chi connectivity index (χ4v) is 1.15. The Hall–Kier alpha value is -1.58. The minimum atomic E-state index is -0.555. The quantitative estimate of drug-likeness (QED) is 0.677. The first kappa shape index (κ1) is 10.5. The van der Waals surface area contributed by atoms with Crippen LogP contribution >= 0.6 is 0 Å². The summed E-state index contributed by atoms with van der Waals surface area (Å²) in [7, 11) is 0. The van der Waals surface area contributed by atoms with Gasteiger partial charge in [0.2, 0.25) is 0 Å². The second-order valence-corrected chi connectivity index (χ2v) is 2.73. The first-order valence-electron chi connectivity index (χ1n) is 4.57. The fourth-order valence-electron chi connectivity index (χ4n) is 1.15. The van der Waals surface area contributed by atoms with Gasteiger partial charge in [0.1, 0.15) is 5.56 Å². The molecule has 0 fully saturated rings. The summed E-state index contributed by atoms with van der Waals surface area (Å²) in [6, 6.07) is 3.14. The zero-order valence-corrected chi connectivity index (χ0v) is 8.32. The monoisotopic (exact) mass is 195 g/mol. The molecule has 4 heteroatoms. The summed E-state index contributed by atoms with van der Waals surface area (Å²) < 4.78 is 6.22. The number of hydrogen-bond acceptors (Lipinski definition) is 3. The van der Waals surface area contributed by atoms with E-state index < -0.39 is 5.97 Å². The average Bonchev–Trinajstić information content (AvgIpc) is 2.18. The van der Waals surface area contributed by atoms with Crippen LogP contribution < -0.4 is 5.56 Å². The van der Waals surface area contributed by atoms with Gasteiger partial charge in [0, 0.05) is 12.7 Å². The van der Waals surface area contributed by atoms with E-state index in [0.717, 1.165) is 0 Å². The molecule has 0 radical (unpaired) electrons. The number of pyridine rings is 1. The van der Waals surface area contributed by atoms with Crippen LogP contribution in [0.2, 0.25) is 0 Å². The highest BCUT2D eigenvalue weighted by Gasteiger charge is 2.11. The highest BCUT2D eigenvalue weighted by Crippen LogP contribution is 1.95. The van der Waals surface area contributed by atoms with Crippen molar-refractivity contribution in [3.63, 3.8) is 0 Å². The summed E-state index contributed by atoms with van der Waals surface area (Å²) in [6.45, 7) is 4.38. The summed E-state index contributed by atoms with van der Waals surface area (Å²) in [5.41, 5.74) is -0.204. The fraction of sp³-hybridized carbons (Fsp3) is 0.400. The SMILES string of the molecule is CCOC(=O)c1cccn(CC)c1=O. The Balaban J connectivity index is 3.10. The predicted octanol–water partition coefficient (Wildman–Crippen LogP) is 1.04. The molecule has 0 amide bonds. The van der Waals surface area contributed by atoms with E-state index in [9.17, 15) is 9.59 Å². The molecule has 0 saturated heterocycles. The molecule has 0 aliphatic carbocycles. The van der Waals surface area contributed by atoms with Crippen LogP contribution in [0.25, 0.3) is 0 Å². The van der Waals surface area contributed by atoms with Crippen LogP contribution in [0.4, 0.5) is 0 Å². The van der Waals surface area contributed by atoms with Crippen molar-refractivity contribution in [3.8, 4) is 0 Å². The molecule has 0 aliphatic rings. The third-order valence-corrected chi connectivity index (χ3v) is 1.86. The molecular formula is C10H13NO3. The summed E-state index contributed by atoms with van der Waals surface area (Å²) >= 11 is 0. The number of aromatic nitrogens is 1. The van der Waals surface area contributed by atoms with Gasteiger partial charge < -0.3 is 9.30 Å². The third-order valence-electron chi connectivity index (χ3n) is 1.86. The maximum atomic E-state index is 11.6. The minimum Gasteiger partial charge on any atom is -0.462 e. The summed E-state index contributed by atoms with van der Waals surface area (Å²) in [5, 5.41) is 0. The van der Waals surface area contributed by atoms with Crippen molar-refractivity contribution in [3.05, 3.63) is 34.2 Å². The van der Waals surface area contributed by atoms with Crippen molar-refractivity contribution in [1.82, 2.24) is 4.57 Å². The van der Waals surface area contributed by atoms with Gasteiger partial charge in [-0.2, -0.15) is 0 Å². The third kappa shape index (κ3) is 2.02. The smallest absolute Gasteiger partial charge is 0.343 e. The second-order valence-electron chi connectivity index (χ2n) is 2.73. The van der Waals surface area contributed by atoms with Crippen molar-refractivity contribution < 1.29 is 9.53 Å². The Morgan fingerprint density at radius 2 is 2.21 bits per heavy atom. The molecule has 4 nitrogen and oxygen atoms in total. The van der Waals surface area contributed by atoms with Gasteiger partial charge in [-0.05, 0) is 26.0 Å². The topological polar surface area (TPSA) is 48.3 Å². The Kier molecular flexibility index (Phi) is 3.45. The highest BCUT2D eigenvalue weighted by molar-refractivity contribution is 5.88. The molecule has 1 rings (SSSR count). The first-order chi connectivity index (χ1) is 6.70. The molecule has 0 saturated carbocycles. The van der Waals surface area contributed by atoms with Crippen molar-refractivity contribution in [2.75, 3.05) is 6.61 Å². The highest BCUT2D eigenvalue weighted by atomic mass is 16.5. The number of carbonyl (C=O) groups is 1. The van der Waals surface area contributed by atoms with Crippen LogP contribution in [0.15, 0.2) is 23.1 Å². The molecule has 0 spiro atoms. The molecule has 1 aromatic heterocycles. The van der Waals surface area contributed by atoms with E-state index in [1.54, 1.807) is 19.2 Å².